The molecular formula is C10H9Cl. The van der Waals surface area contributed by atoms with Crippen LogP contribution in [0.25, 0.3) is 6.08 Å². The zero-order valence-corrected chi connectivity index (χ0v) is 6.88. The Hall–Kier alpha value is -1.01. The molecule has 1 heteroatoms. The minimum Gasteiger partial charge on any atom is -0.0991 e. The highest BCUT2D eigenvalue weighted by Gasteiger charge is 1.86. The molecule has 0 aliphatic heterocycles. The number of hydrogen-bond donors (Lipinski definition) is 0. The summed E-state index contributed by atoms with van der Waals surface area (Å²) < 4.78 is 0. The first-order chi connectivity index (χ1) is 5.33. The van der Waals surface area contributed by atoms with Gasteiger partial charge in [0.2, 0.25) is 0 Å². The fourth-order valence-corrected chi connectivity index (χ4v) is 0.988. The summed E-state index contributed by atoms with van der Waals surface area (Å²) in [4.78, 5) is 0. The minimum absolute atomic E-state index is 0.760. The van der Waals surface area contributed by atoms with Crippen molar-refractivity contribution >= 4 is 17.7 Å². The summed E-state index contributed by atoms with van der Waals surface area (Å²) in [6.07, 6.45) is 5.57. The lowest BCUT2D eigenvalue weighted by Gasteiger charge is -1.91. The van der Waals surface area contributed by atoms with Crippen LogP contribution in [0.3, 0.4) is 0 Å². The van der Waals surface area contributed by atoms with E-state index in [2.05, 4.69) is 6.58 Å². The van der Waals surface area contributed by atoms with Crippen molar-refractivity contribution in [1.29, 1.82) is 0 Å². The highest BCUT2D eigenvalue weighted by Crippen LogP contribution is 2.11. The Morgan fingerprint density at radius 2 is 2.18 bits per heavy atom. The molecular weight excluding hydrogens is 156 g/mol. The number of benzene rings is 1. The van der Waals surface area contributed by atoms with Crippen LogP contribution in [0.1, 0.15) is 5.56 Å². The van der Waals surface area contributed by atoms with E-state index in [1.807, 2.05) is 36.4 Å². The summed E-state index contributed by atoms with van der Waals surface area (Å²) in [5.74, 6) is 0. The van der Waals surface area contributed by atoms with Crippen LogP contribution in [-0.2, 0) is 0 Å². The molecule has 1 aromatic carbocycles. The van der Waals surface area contributed by atoms with E-state index in [0.717, 1.165) is 10.6 Å². The summed E-state index contributed by atoms with van der Waals surface area (Å²) in [5, 5.41) is 0.760. The topological polar surface area (TPSA) is 0 Å². The molecule has 0 heterocycles. The molecule has 0 fully saturated rings. The van der Waals surface area contributed by atoms with E-state index < -0.39 is 0 Å². The minimum atomic E-state index is 0.760. The monoisotopic (exact) mass is 164 g/mol. The van der Waals surface area contributed by atoms with Crippen LogP contribution in [0.2, 0.25) is 5.02 Å². The van der Waals surface area contributed by atoms with Crippen LogP contribution < -0.4 is 0 Å². The number of hydrogen-bond acceptors (Lipinski definition) is 0. The van der Waals surface area contributed by atoms with Crippen LogP contribution in [0.15, 0.2) is 43.0 Å². The number of halogens is 1. The average Bonchev–Trinajstić information content (AvgIpc) is 2.01. The van der Waals surface area contributed by atoms with Crippen LogP contribution in [0.4, 0.5) is 0 Å². The average molecular weight is 165 g/mol. The standard InChI is InChI=1S/C10H9Cl/c1-2-3-5-9-6-4-7-10(11)8-9/h2-8H,1H2. The quantitative estimate of drug-likeness (QED) is 0.587. The molecule has 0 saturated carbocycles. The molecule has 0 aliphatic carbocycles. The van der Waals surface area contributed by atoms with Gasteiger partial charge in [-0.15, -0.1) is 0 Å². The van der Waals surface area contributed by atoms with E-state index in [0.29, 0.717) is 0 Å². The Bertz CT molecular complexity index is 274. The van der Waals surface area contributed by atoms with Gasteiger partial charge in [0.15, 0.2) is 0 Å². The molecule has 56 valence electrons. The summed E-state index contributed by atoms with van der Waals surface area (Å²) in [6, 6.07) is 7.67. The van der Waals surface area contributed by atoms with E-state index >= 15 is 0 Å². The third-order valence-electron chi connectivity index (χ3n) is 1.27. The number of allylic oxidation sites excluding steroid dienone is 2. The summed E-state index contributed by atoms with van der Waals surface area (Å²) >= 11 is 5.76. The highest BCUT2D eigenvalue weighted by molar-refractivity contribution is 6.30. The lowest BCUT2D eigenvalue weighted by Crippen LogP contribution is -1.69. The van der Waals surface area contributed by atoms with Crippen molar-refractivity contribution in [3.8, 4) is 0 Å². The molecule has 0 atom stereocenters. The molecule has 0 aromatic heterocycles. The van der Waals surface area contributed by atoms with Gasteiger partial charge in [-0.25, -0.2) is 0 Å². The molecule has 0 spiro atoms. The van der Waals surface area contributed by atoms with Crippen molar-refractivity contribution < 1.29 is 0 Å². The SMILES string of the molecule is C=CC=Cc1cccc(Cl)c1. The van der Waals surface area contributed by atoms with Crippen molar-refractivity contribution in [2.45, 2.75) is 0 Å². The summed E-state index contributed by atoms with van der Waals surface area (Å²) in [5.41, 5.74) is 1.09. The van der Waals surface area contributed by atoms with Gasteiger partial charge in [0, 0.05) is 5.02 Å². The van der Waals surface area contributed by atoms with Crippen molar-refractivity contribution in [2.24, 2.45) is 0 Å². The van der Waals surface area contributed by atoms with Gasteiger partial charge in [0.25, 0.3) is 0 Å². The summed E-state index contributed by atoms with van der Waals surface area (Å²) in [7, 11) is 0. The molecule has 0 amide bonds. The fraction of sp³-hybridized carbons (Fsp3) is 0. The molecule has 1 rings (SSSR count). The molecule has 0 radical (unpaired) electrons. The molecule has 0 unspecified atom stereocenters. The molecule has 11 heavy (non-hydrogen) atoms. The lowest BCUT2D eigenvalue weighted by molar-refractivity contribution is 1.66. The van der Waals surface area contributed by atoms with Crippen LogP contribution in [-0.4, -0.2) is 0 Å². The van der Waals surface area contributed by atoms with E-state index in [1.54, 1.807) is 6.08 Å². The van der Waals surface area contributed by atoms with E-state index in [9.17, 15) is 0 Å². The molecule has 0 bridgehead atoms. The van der Waals surface area contributed by atoms with Crippen LogP contribution in [0.5, 0.6) is 0 Å². The Balaban J connectivity index is 2.87. The van der Waals surface area contributed by atoms with Crippen molar-refractivity contribution in [3.05, 3.63) is 53.6 Å². The lowest BCUT2D eigenvalue weighted by atomic mass is 10.2. The zero-order valence-electron chi connectivity index (χ0n) is 6.13. The van der Waals surface area contributed by atoms with Crippen molar-refractivity contribution in [1.82, 2.24) is 0 Å². The van der Waals surface area contributed by atoms with Gasteiger partial charge in [0.05, 0.1) is 0 Å². The largest absolute Gasteiger partial charge is 0.0991 e. The Kier molecular flexibility index (Phi) is 2.94. The van der Waals surface area contributed by atoms with Crippen LogP contribution in [0, 0.1) is 0 Å². The van der Waals surface area contributed by atoms with Gasteiger partial charge in [-0.3, -0.25) is 0 Å². The molecule has 0 N–H and O–H groups in total. The van der Waals surface area contributed by atoms with E-state index in [-0.39, 0.29) is 0 Å². The first-order valence-electron chi connectivity index (χ1n) is 3.37. The fourth-order valence-electron chi connectivity index (χ4n) is 0.789. The zero-order chi connectivity index (χ0) is 8.10. The number of rotatable bonds is 2. The molecule has 0 nitrogen and oxygen atoms in total. The van der Waals surface area contributed by atoms with Gasteiger partial charge >= 0.3 is 0 Å². The maximum Gasteiger partial charge on any atom is 0.0411 e. The predicted octanol–water partition coefficient (Wildman–Crippen LogP) is 3.54. The van der Waals surface area contributed by atoms with Gasteiger partial charge in [-0.05, 0) is 17.7 Å². The van der Waals surface area contributed by atoms with Crippen LogP contribution >= 0.6 is 11.6 Å². The Labute approximate surface area is 71.8 Å². The predicted molar refractivity (Wildman–Crippen MR) is 50.7 cm³/mol. The first kappa shape index (κ1) is 8.09. The van der Waals surface area contributed by atoms with Crippen molar-refractivity contribution in [3.63, 3.8) is 0 Å². The Morgan fingerprint density at radius 1 is 1.36 bits per heavy atom. The normalized spacial score (nSPS) is 10.3. The second kappa shape index (κ2) is 3.99. The summed E-state index contributed by atoms with van der Waals surface area (Å²) in [6.45, 7) is 3.58. The smallest absolute Gasteiger partial charge is 0.0411 e. The van der Waals surface area contributed by atoms with Gasteiger partial charge < -0.3 is 0 Å². The maximum atomic E-state index is 5.76. The molecule has 0 saturated heterocycles. The Morgan fingerprint density at radius 3 is 2.82 bits per heavy atom. The van der Waals surface area contributed by atoms with Gasteiger partial charge in [-0.1, -0.05) is 48.5 Å². The van der Waals surface area contributed by atoms with E-state index in [1.165, 1.54) is 0 Å². The van der Waals surface area contributed by atoms with Gasteiger partial charge in [0.1, 0.15) is 0 Å². The van der Waals surface area contributed by atoms with Gasteiger partial charge in [-0.2, -0.15) is 0 Å². The second-order valence-electron chi connectivity index (χ2n) is 2.15. The van der Waals surface area contributed by atoms with Crippen molar-refractivity contribution in [2.75, 3.05) is 0 Å². The molecule has 1 aromatic rings. The maximum absolute atomic E-state index is 5.76. The first-order valence-corrected chi connectivity index (χ1v) is 3.75. The molecule has 0 aliphatic rings. The highest BCUT2D eigenvalue weighted by atomic mass is 35.5. The van der Waals surface area contributed by atoms with E-state index in [4.69, 9.17) is 11.6 Å². The third kappa shape index (κ3) is 2.60. The third-order valence-corrected chi connectivity index (χ3v) is 1.51. The second-order valence-corrected chi connectivity index (χ2v) is 2.59.